The van der Waals surface area contributed by atoms with E-state index in [-0.39, 0.29) is 18.4 Å². The number of amides is 2. The SMILES string of the molecule is COc1cc(/C=C2/SC(=S)N(n3c(C)ccc3C)C2=O)ccc1OCC(=O)Nc1ccc(Br)c(C)c1C. The summed E-state index contributed by atoms with van der Waals surface area (Å²) in [5.41, 5.74) is 5.37. The first-order chi connectivity index (χ1) is 17.6. The minimum atomic E-state index is -0.282. The fourth-order valence-electron chi connectivity index (χ4n) is 3.91. The molecule has 0 spiro atoms. The second-order valence-corrected chi connectivity index (χ2v) is 11.0. The van der Waals surface area contributed by atoms with Crippen molar-refractivity contribution >= 4 is 67.8 Å². The number of benzene rings is 2. The van der Waals surface area contributed by atoms with Gasteiger partial charge in [0.25, 0.3) is 11.8 Å². The maximum atomic E-state index is 13.2. The highest BCUT2D eigenvalue weighted by Crippen LogP contribution is 2.35. The summed E-state index contributed by atoms with van der Waals surface area (Å²) in [5, 5.41) is 4.40. The maximum Gasteiger partial charge on any atom is 0.285 e. The molecular weight excluding hydrogens is 574 g/mol. The van der Waals surface area contributed by atoms with Gasteiger partial charge in [-0.25, -0.2) is 0 Å². The van der Waals surface area contributed by atoms with Crippen LogP contribution >= 0.6 is 39.9 Å². The van der Waals surface area contributed by atoms with Crippen LogP contribution < -0.4 is 19.8 Å². The van der Waals surface area contributed by atoms with Gasteiger partial charge in [-0.05, 0) is 99.1 Å². The van der Waals surface area contributed by atoms with Gasteiger partial charge < -0.3 is 14.8 Å². The molecule has 0 bridgehead atoms. The van der Waals surface area contributed by atoms with E-state index < -0.39 is 0 Å². The lowest BCUT2D eigenvalue weighted by molar-refractivity contribution is -0.118. The lowest BCUT2D eigenvalue weighted by Gasteiger charge is -2.20. The third-order valence-corrected chi connectivity index (χ3v) is 8.19. The predicted molar refractivity (Wildman–Crippen MR) is 156 cm³/mol. The number of aromatic nitrogens is 1. The monoisotopic (exact) mass is 599 g/mol. The molecule has 2 aromatic carbocycles. The molecule has 1 aliphatic heterocycles. The number of hydrogen-bond acceptors (Lipinski definition) is 6. The van der Waals surface area contributed by atoms with E-state index in [1.165, 1.54) is 23.9 Å². The number of rotatable bonds is 7. The van der Waals surface area contributed by atoms with Crippen LogP contribution in [0.1, 0.15) is 28.1 Å². The zero-order chi connectivity index (χ0) is 26.9. The molecule has 0 aliphatic carbocycles. The second-order valence-electron chi connectivity index (χ2n) is 8.51. The lowest BCUT2D eigenvalue weighted by atomic mass is 10.1. The van der Waals surface area contributed by atoms with Gasteiger partial charge >= 0.3 is 0 Å². The Labute approximate surface area is 233 Å². The molecule has 1 N–H and O–H groups in total. The van der Waals surface area contributed by atoms with Crippen LogP contribution in [0, 0.1) is 27.7 Å². The van der Waals surface area contributed by atoms with E-state index >= 15 is 0 Å². The van der Waals surface area contributed by atoms with Crippen molar-refractivity contribution in [2.45, 2.75) is 27.7 Å². The molecule has 2 heterocycles. The first kappa shape index (κ1) is 27.0. The van der Waals surface area contributed by atoms with Gasteiger partial charge in [0.15, 0.2) is 22.4 Å². The van der Waals surface area contributed by atoms with Gasteiger partial charge in [0, 0.05) is 21.5 Å². The largest absolute Gasteiger partial charge is 0.493 e. The fourth-order valence-corrected chi connectivity index (χ4v) is 5.58. The quantitative estimate of drug-likeness (QED) is 0.263. The van der Waals surface area contributed by atoms with Gasteiger partial charge in [0.2, 0.25) is 0 Å². The Kier molecular flexibility index (Phi) is 8.11. The van der Waals surface area contributed by atoms with E-state index in [0.29, 0.717) is 20.7 Å². The Morgan fingerprint density at radius 1 is 1.05 bits per heavy atom. The third-order valence-electron chi connectivity index (χ3n) is 6.05. The molecule has 7 nitrogen and oxygen atoms in total. The number of ether oxygens (including phenoxy) is 2. The van der Waals surface area contributed by atoms with E-state index in [2.05, 4.69) is 21.2 Å². The number of nitrogens with zero attached hydrogens (tertiary/aromatic N) is 2. The van der Waals surface area contributed by atoms with Crippen LogP contribution in [0.15, 0.2) is 51.8 Å². The molecule has 1 aliphatic rings. The van der Waals surface area contributed by atoms with Crippen molar-refractivity contribution in [1.82, 2.24) is 4.68 Å². The Bertz CT molecular complexity index is 1430. The molecule has 2 amide bonds. The number of anilines is 1. The van der Waals surface area contributed by atoms with Crippen LogP contribution in [-0.4, -0.2) is 34.5 Å². The topological polar surface area (TPSA) is 72.8 Å². The predicted octanol–water partition coefficient (Wildman–Crippen LogP) is 6.05. The van der Waals surface area contributed by atoms with Crippen molar-refractivity contribution in [3.05, 3.63) is 79.9 Å². The molecule has 0 atom stereocenters. The van der Waals surface area contributed by atoms with Crippen LogP contribution in [0.25, 0.3) is 6.08 Å². The number of thiocarbonyl (C=S) groups is 1. The van der Waals surface area contributed by atoms with Crippen molar-refractivity contribution in [1.29, 1.82) is 0 Å². The summed E-state index contributed by atoms with van der Waals surface area (Å²) in [6.45, 7) is 7.62. The Morgan fingerprint density at radius 2 is 1.76 bits per heavy atom. The minimum absolute atomic E-state index is 0.182. The van der Waals surface area contributed by atoms with Crippen LogP contribution in [0.3, 0.4) is 0 Å². The Hall–Kier alpha value is -3.08. The molecule has 1 saturated heterocycles. The van der Waals surface area contributed by atoms with E-state index in [1.807, 2.05) is 56.6 Å². The standard InChI is InChI=1S/C27H26BrN3O4S2/c1-15-6-7-16(2)30(15)31-26(33)24(37-27(31)36)13-19-8-11-22(23(12-19)34-5)35-14-25(32)29-21-10-9-20(28)17(3)18(21)4/h6-13H,14H2,1-5H3,(H,29,32)/b24-13+. The van der Waals surface area contributed by atoms with Crippen molar-refractivity contribution in [2.75, 3.05) is 24.0 Å². The summed E-state index contributed by atoms with van der Waals surface area (Å²) in [7, 11) is 1.52. The second kappa shape index (κ2) is 11.1. The summed E-state index contributed by atoms with van der Waals surface area (Å²) in [6, 6.07) is 12.9. The number of hydrogen-bond donors (Lipinski definition) is 1. The molecule has 1 fully saturated rings. The highest BCUT2D eigenvalue weighted by Gasteiger charge is 2.34. The van der Waals surface area contributed by atoms with Crippen molar-refractivity contribution in [3.8, 4) is 11.5 Å². The van der Waals surface area contributed by atoms with Crippen molar-refractivity contribution < 1.29 is 19.1 Å². The Morgan fingerprint density at radius 3 is 2.43 bits per heavy atom. The molecule has 0 unspecified atom stereocenters. The molecule has 0 saturated carbocycles. The molecular formula is C27H26BrN3O4S2. The fraction of sp³-hybridized carbons (Fsp3) is 0.222. The minimum Gasteiger partial charge on any atom is -0.493 e. The van der Waals surface area contributed by atoms with E-state index in [4.69, 9.17) is 21.7 Å². The number of nitrogens with one attached hydrogen (secondary N) is 1. The van der Waals surface area contributed by atoms with Gasteiger partial charge in [-0.15, -0.1) is 0 Å². The molecule has 10 heteroatoms. The highest BCUT2D eigenvalue weighted by molar-refractivity contribution is 9.10. The average molecular weight is 601 g/mol. The molecule has 192 valence electrons. The third kappa shape index (κ3) is 5.61. The van der Waals surface area contributed by atoms with E-state index in [1.54, 1.807) is 24.3 Å². The van der Waals surface area contributed by atoms with Gasteiger partial charge in [-0.1, -0.05) is 33.8 Å². The molecule has 3 aromatic rings. The van der Waals surface area contributed by atoms with E-state index in [9.17, 15) is 9.59 Å². The van der Waals surface area contributed by atoms with Crippen LogP contribution in [0.2, 0.25) is 0 Å². The summed E-state index contributed by atoms with van der Waals surface area (Å²) in [6.07, 6.45) is 1.77. The van der Waals surface area contributed by atoms with E-state index in [0.717, 1.165) is 38.2 Å². The number of thioether (sulfide) groups is 1. The average Bonchev–Trinajstić information content (AvgIpc) is 3.34. The summed E-state index contributed by atoms with van der Waals surface area (Å²) in [4.78, 5) is 26.2. The van der Waals surface area contributed by atoms with Crippen LogP contribution in [0.4, 0.5) is 5.69 Å². The summed E-state index contributed by atoms with van der Waals surface area (Å²) in [5.74, 6) is 0.400. The van der Waals surface area contributed by atoms with Crippen LogP contribution in [-0.2, 0) is 9.59 Å². The zero-order valence-corrected chi connectivity index (χ0v) is 24.3. The van der Waals surface area contributed by atoms with Gasteiger partial charge in [0.1, 0.15) is 0 Å². The van der Waals surface area contributed by atoms with Crippen molar-refractivity contribution in [2.24, 2.45) is 0 Å². The number of aryl methyl sites for hydroxylation is 2. The Balaban J connectivity index is 1.47. The first-order valence-electron chi connectivity index (χ1n) is 11.4. The molecule has 4 rings (SSSR count). The molecule has 37 heavy (non-hydrogen) atoms. The van der Waals surface area contributed by atoms with Gasteiger partial charge in [-0.3, -0.25) is 14.3 Å². The van der Waals surface area contributed by atoms with Gasteiger partial charge in [0.05, 0.1) is 12.0 Å². The lowest BCUT2D eigenvalue weighted by Crippen LogP contribution is -2.39. The maximum absolute atomic E-state index is 13.2. The molecule has 0 radical (unpaired) electrons. The summed E-state index contributed by atoms with van der Waals surface area (Å²) >= 11 is 10.2. The highest BCUT2D eigenvalue weighted by atomic mass is 79.9. The zero-order valence-electron chi connectivity index (χ0n) is 21.0. The molecule has 1 aromatic heterocycles. The number of methoxy groups -OCH3 is 1. The van der Waals surface area contributed by atoms with Crippen LogP contribution in [0.5, 0.6) is 11.5 Å². The number of halogens is 1. The first-order valence-corrected chi connectivity index (χ1v) is 13.4. The van der Waals surface area contributed by atoms with Gasteiger partial charge in [-0.2, -0.15) is 5.01 Å². The smallest absolute Gasteiger partial charge is 0.285 e. The van der Waals surface area contributed by atoms with Crippen molar-refractivity contribution in [3.63, 3.8) is 0 Å². The number of carbonyl (C=O) groups excluding carboxylic acids is 2. The normalized spacial score (nSPS) is 14.4. The summed E-state index contributed by atoms with van der Waals surface area (Å²) < 4.78 is 14.5. The number of carbonyl (C=O) groups is 2.